The van der Waals surface area contributed by atoms with Gasteiger partial charge in [-0.3, -0.25) is 4.79 Å². The summed E-state index contributed by atoms with van der Waals surface area (Å²) in [5.41, 5.74) is 21.7. The van der Waals surface area contributed by atoms with E-state index < -0.39 is 17.1 Å². The minimum Gasteiger partial charge on any atom is -0.460 e. The van der Waals surface area contributed by atoms with Crippen LogP contribution in [0.25, 0.3) is 0 Å². The van der Waals surface area contributed by atoms with Gasteiger partial charge in [0.1, 0.15) is 5.60 Å². The smallest absolute Gasteiger partial charge is 0.312 e. The van der Waals surface area contributed by atoms with Crippen LogP contribution < -0.4 is 22.9 Å². The Morgan fingerprint density at radius 1 is 1.11 bits per heavy atom. The maximum absolute atomic E-state index is 12.1. The molecule has 0 aromatic rings. The molecule has 0 saturated carbocycles. The number of hydrogen-bond acceptors (Lipinski definition) is 6. The van der Waals surface area contributed by atoms with Crippen molar-refractivity contribution in [1.82, 2.24) is 0 Å². The quantitative estimate of drug-likeness (QED) is 0.448. The maximum atomic E-state index is 12.1. The Balaban J connectivity index is 4.95. The van der Waals surface area contributed by atoms with Crippen molar-refractivity contribution in [2.45, 2.75) is 44.8 Å². The third-order valence-corrected chi connectivity index (χ3v) is 2.84. The molecule has 108 valence electrons. The fourth-order valence-corrected chi connectivity index (χ4v) is 1.95. The molecule has 0 aliphatic rings. The third-order valence-electron chi connectivity index (χ3n) is 2.84. The highest BCUT2D eigenvalue weighted by Crippen LogP contribution is 2.24. The molecule has 0 rings (SSSR count). The summed E-state index contributed by atoms with van der Waals surface area (Å²) in [5.74, 6) is -0.960. The van der Waals surface area contributed by atoms with Crippen molar-refractivity contribution < 1.29 is 9.53 Å². The Kier molecular flexibility index (Phi) is 6.77. The van der Waals surface area contributed by atoms with Gasteiger partial charge in [-0.15, -0.1) is 0 Å². The molecule has 6 nitrogen and oxygen atoms in total. The number of carbonyl (C=O) groups excluding carboxylic acids is 1. The Labute approximate surface area is 109 Å². The third kappa shape index (κ3) is 5.30. The molecule has 0 heterocycles. The van der Waals surface area contributed by atoms with Crippen molar-refractivity contribution in [1.29, 1.82) is 0 Å². The Morgan fingerprint density at radius 3 is 1.83 bits per heavy atom. The van der Waals surface area contributed by atoms with Gasteiger partial charge in [-0.2, -0.15) is 0 Å². The maximum Gasteiger partial charge on any atom is 0.312 e. The van der Waals surface area contributed by atoms with Gasteiger partial charge in [-0.25, -0.2) is 0 Å². The van der Waals surface area contributed by atoms with Gasteiger partial charge in [-0.1, -0.05) is 0 Å². The van der Waals surface area contributed by atoms with Gasteiger partial charge in [-0.05, 0) is 46.7 Å². The number of esters is 1. The second-order valence-electron chi connectivity index (χ2n) is 5.63. The molecule has 0 fully saturated rings. The van der Waals surface area contributed by atoms with E-state index in [1.165, 1.54) is 0 Å². The molecule has 1 atom stereocenters. The van der Waals surface area contributed by atoms with Gasteiger partial charge >= 0.3 is 5.97 Å². The van der Waals surface area contributed by atoms with Gasteiger partial charge in [0.05, 0.1) is 5.92 Å². The second kappa shape index (κ2) is 7.04. The first-order chi connectivity index (χ1) is 8.20. The highest BCUT2D eigenvalue weighted by atomic mass is 16.6. The van der Waals surface area contributed by atoms with E-state index in [0.717, 1.165) is 0 Å². The van der Waals surface area contributed by atoms with Crippen molar-refractivity contribution >= 4 is 5.97 Å². The van der Waals surface area contributed by atoms with Crippen molar-refractivity contribution in [2.24, 2.45) is 28.9 Å². The molecular formula is C12H28N4O2. The number of nitrogens with two attached hydrogens (primary N) is 4. The first-order valence-corrected chi connectivity index (χ1v) is 6.32. The van der Waals surface area contributed by atoms with Crippen LogP contribution in [0.4, 0.5) is 0 Å². The molecule has 0 amide bonds. The van der Waals surface area contributed by atoms with E-state index in [1.807, 2.05) is 20.8 Å². The van der Waals surface area contributed by atoms with Gasteiger partial charge in [0.25, 0.3) is 0 Å². The molecule has 0 spiro atoms. The summed E-state index contributed by atoms with van der Waals surface area (Å²) in [6, 6.07) is 0. The molecule has 0 aromatic heterocycles. The summed E-state index contributed by atoms with van der Waals surface area (Å²) < 4.78 is 5.35. The van der Waals surface area contributed by atoms with Crippen LogP contribution in [0.2, 0.25) is 0 Å². The molecule has 1 unspecified atom stereocenters. The lowest BCUT2D eigenvalue weighted by Gasteiger charge is -2.36. The fraction of sp³-hybridized carbons (Fsp3) is 0.917. The molecule has 0 saturated heterocycles. The Morgan fingerprint density at radius 2 is 1.56 bits per heavy atom. The number of ether oxygens (including phenoxy) is 1. The van der Waals surface area contributed by atoms with Gasteiger partial charge in [0.15, 0.2) is 0 Å². The minimum atomic E-state index is -0.791. The molecular weight excluding hydrogens is 232 g/mol. The topological polar surface area (TPSA) is 130 Å². The van der Waals surface area contributed by atoms with Crippen LogP contribution >= 0.6 is 0 Å². The fourth-order valence-electron chi connectivity index (χ4n) is 1.95. The lowest BCUT2D eigenvalue weighted by molar-refractivity contribution is -0.162. The summed E-state index contributed by atoms with van der Waals surface area (Å²) in [4.78, 5) is 12.1. The lowest BCUT2D eigenvalue weighted by Crippen LogP contribution is -2.56. The van der Waals surface area contributed by atoms with E-state index in [0.29, 0.717) is 25.9 Å². The van der Waals surface area contributed by atoms with Gasteiger partial charge < -0.3 is 27.7 Å². The van der Waals surface area contributed by atoms with E-state index in [9.17, 15) is 4.79 Å². The predicted molar refractivity (Wildman–Crippen MR) is 72.7 cm³/mol. The highest BCUT2D eigenvalue weighted by molar-refractivity contribution is 5.75. The molecule has 6 heteroatoms. The van der Waals surface area contributed by atoms with Crippen LogP contribution in [-0.2, 0) is 9.53 Å². The summed E-state index contributed by atoms with van der Waals surface area (Å²) >= 11 is 0. The summed E-state index contributed by atoms with van der Waals surface area (Å²) in [5, 5.41) is 0. The highest BCUT2D eigenvalue weighted by Gasteiger charge is 2.40. The molecule has 0 aliphatic heterocycles. The zero-order chi connectivity index (χ0) is 14.4. The van der Waals surface area contributed by atoms with E-state index >= 15 is 0 Å². The molecule has 0 bridgehead atoms. The number of hydrogen-bond donors (Lipinski definition) is 4. The van der Waals surface area contributed by atoms with Crippen LogP contribution in [0.5, 0.6) is 0 Å². The SMILES string of the molecule is CC(C)(C)OC(=O)C(CN)C(N)(CCN)CCN. The number of rotatable bonds is 7. The second-order valence-corrected chi connectivity index (χ2v) is 5.63. The monoisotopic (exact) mass is 260 g/mol. The zero-order valence-corrected chi connectivity index (χ0v) is 11.7. The molecule has 18 heavy (non-hydrogen) atoms. The zero-order valence-electron chi connectivity index (χ0n) is 11.7. The molecule has 0 aliphatic carbocycles. The number of carbonyl (C=O) groups is 1. The van der Waals surface area contributed by atoms with E-state index in [4.69, 9.17) is 27.7 Å². The molecule has 8 N–H and O–H groups in total. The largest absolute Gasteiger partial charge is 0.460 e. The van der Waals surface area contributed by atoms with E-state index in [-0.39, 0.29) is 12.5 Å². The van der Waals surface area contributed by atoms with Crippen LogP contribution in [0.1, 0.15) is 33.6 Å². The minimum absolute atomic E-state index is 0.130. The predicted octanol–water partition coefficient (Wildman–Crippen LogP) is -0.702. The summed E-state index contributed by atoms with van der Waals surface area (Å²) in [6.45, 7) is 6.32. The first-order valence-electron chi connectivity index (χ1n) is 6.32. The Hall–Kier alpha value is -0.690. The van der Waals surface area contributed by atoms with Gasteiger partial charge in [0.2, 0.25) is 0 Å². The molecule has 0 radical (unpaired) electrons. The van der Waals surface area contributed by atoms with Crippen LogP contribution in [0.15, 0.2) is 0 Å². The average molecular weight is 260 g/mol. The first kappa shape index (κ1) is 17.3. The Bertz CT molecular complexity index is 257. The molecule has 0 aromatic carbocycles. The van der Waals surface area contributed by atoms with Crippen molar-refractivity contribution in [2.75, 3.05) is 19.6 Å². The van der Waals surface area contributed by atoms with Gasteiger partial charge in [0, 0.05) is 12.1 Å². The van der Waals surface area contributed by atoms with Crippen molar-refractivity contribution in [3.63, 3.8) is 0 Å². The normalized spacial score (nSPS) is 14.4. The summed E-state index contributed by atoms with van der Waals surface area (Å²) in [7, 11) is 0. The van der Waals surface area contributed by atoms with Crippen LogP contribution in [0.3, 0.4) is 0 Å². The van der Waals surface area contributed by atoms with E-state index in [2.05, 4.69) is 0 Å². The van der Waals surface area contributed by atoms with E-state index in [1.54, 1.807) is 0 Å². The lowest BCUT2D eigenvalue weighted by atomic mass is 9.79. The van der Waals surface area contributed by atoms with Crippen LogP contribution in [-0.4, -0.2) is 36.7 Å². The standard InChI is InChI=1S/C12H28N4O2/c1-11(2,3)18-10(17)9(8-15)12(16,4-6-13)5-7-14/h9H,4-8,13-16H2,1-3H3. The summed E-state index contributed by atoms with van der Waals surface area (Å²) in [6.07, 6.45) is 0.983. The van der Waals surface area contributed by atoms with Crippen molar-refractivity contribution in [3.8, 4) is 0 Å². The average Bonchev–Trinajstić information content (AvgIpc) is 2.15. The van der Waals surface area contributed by atoms with Crippen molar-refractivity contribution in [3.05, 3.63) is 0 Å². The van der Waals surface area contributed by atoms with Crippen LogP contribution in [0, 0.1) is 5.92 Å².